The molecule has 4 aromatic carbocycles. The molecular formula is C60H78Cl4N16O8S2. The van der Waals surface area contributed by atoms with Gasteiger partial charge in [0.2, 0.25) is 0 Å². The highest BCUT2D eigenvalue weighted by Crippen LogP contribution is 2.45. The molecule has 6 aromatic rings. The van der Waals surface area contributed by atoms with E-state index in [9.17, 15) is 27.1 Å². The van der Waals surface area contributed by atoms with Crippen LogP contribution in [0.2, 0.25) is 20.1 Å². The summed E-state index contributed by atoms with van der Waals surface area (Å²) in [6.45, 7) is 6.18. The van der Waals surface area contributed by atoms with Crippen LogP contribution in [0.3, 0.4) is 0 Å². The van der Waals surface area contributed by atoms with Gasteiger partial charge in [-0.15, -0.1) is 10.2 Å². The van der Waals surface area contributed by atoms with E-state index in [1.54, 1.807) is 58.2 Å². The third-order valence-electron chi connectivity index (χ3n) is 16.8. The molecule has 2 aliphatic carbocycles. The van der Waals surface area contributed by atoms with Crippen LogP contribution >= 0.6 is 46.4 Å². The zero-order valence-corrected chi connectivity index (χ0v) is 54.5. The van der Waals surface area contributed by atoms with Crippen molar-refractivity contribution < 1.29 is 36.6 Å². The number of hydrogen-bond donors (Lipinski definition) is 8. The SMILES string of the molecule is N[C@@H]1CCCN([C@H]2Cc3c(Cl)cc(Cl)cc3[C@@H]2Oc2ccc(N(CCCCn3cc(CNC(=O)NCCCCNC(=O)NCc4cn(CCCCN(c5ccc(O[C@H]6c7cc(Cl)cc(Cl)c7C[C@@H]6N6CCC[C@@H](N)C6)cc5)S(=O)O)nn4)nn3)S(=O)O)cc2)C1. The van der Waals surface area contributed by atoms with Gasteiger partial charge in [0.25, 0.3) is 22.5 Å². The Labute approximate surface area is 549 Å². The van der Waals surface area contributed by atoms with Gasteiger partial charge in [0.1, 0.15) is 35.1 Å². The van der Waals surface area contributed by atoms with Crippen LogP contribution in [0.15, 0.2) is 85.2 Å². The van der Waals surface area contributed by atoms with Gasteiger partial charge in [-0.05, 0) is 174 Å². The monoisotopic (exact) mass is 1350 g/mol. The summed E-state index contributed by atoms with van der Waals surface area (Å²) in [4.78, 5) is 29.8. The molecule has 0 saturated carbocycles. The van der Waals surface area contributed by atoms with E-state index in [-0.39, 0.29) is 61.5 Å². The minimum absolute atomic E-state index is 0.0339. The van der Waals surface area contributed by atoms with E-state index in [1.807, 2.05) is 36.4 Å². The molecule has 486 valence electrons. The summed E-state index contributed by atoms with van der Waals surface area (Å²) in [7, 11) is 0. The van der Waals surface area contributed by atoms with Crippen LogP contribution in [0.4, 0.5) is 21.0 Å². The molecule has 4 aliphatic rings. The molecule has 30 heteroatoms. The fourth-order valence-corrected chi connectivity index (χ4v) is 14.7. The highest BCUT2D eigenvalue weighted by Gasteiger charge is 2.42. The molecule has 2 unspecified atom stereocenters. The van der Waals surface area contributed by atoms with Gasteiger partial charge >= 0.3 is 12.1 Å². The molecule has 2 aliphatic heterocycles. The molecule has 2 aromatic heterocycles. The van der Waals surface area contributed by atoms with E-state index in [1.165, 1.54) is 8.61 Å². The number of unbranched alkanes of at least 4 members (excludes halogenated alkanes) is 3. The number of piperidine rings is 2. The van der Waals surface area contributed by atoms with Crippen LogP contribution in [0.5, 0.6) is 11.5 Å². The van der Waals surface area contributed by atoms with E-state index in [0.717, 1.165) is 87.0 Å². The van der Waals surface area contributed by atoms with Crippen LogP contribution in [-0.4, -0.2) is 146 Å². The van der Waals surface area contributed by atoms with Crippen LogP contribution in [0.25, 0.3) is 0 Å². The fourth-order valence-electron chi connectivity index (χ4n) is 12.3. The molecule has 0 radical (unpaired) electrons. The number of halogens is 4. The molecule has 24 nitrogen and oxygen atoms in total. The number of fused-ring (bicyclic) bond motifs is 2. The van der Waals surface area contributed by atoms with Crippen molar-refractivity contribution in [2.45, 2.75) is 140 Å². The molecule has 0 bridgehead atoms. The minimum atomic E-state index is -2.26. The second kappa shape index (κ2) is 32.1. The summed E-state index contributed by atoms with van der Waals surface area (Å²) in [5.74, 6) is 1.23. The number of carbonyl (C=O) groups is 2. The van der Waals surface area contributed by atoms with Crippen LogP contribution in [0, 0.1) is 0 Å². The fraction of sp³-hybridized carbons (Fsp3) is 0.500. The Morgan fingerprint density at radius 2 is 1.00 bits per heavy atom. The number of hydrogen-bond acceptors (Lipinski definition) is 14. The van der Waals surface area contributed by atoms with E-state index in [4.69, 9.17) is 67.3 Å². The molecule has 4 heterocycles. The lowest BCUT2D eigenvalue weighted by atomic mass is 10.0. The summed E-state index contributed by atoms with van der Waals surface area (Å²) in [6.07, 6.45) is 12.0. The van der Waals surface area contributed by atoms with Gasteiger partial charge in [-0.3, -0.25) is 36.9 Å². The number of urea groups is 2. The Bertz CT molecular complexity index is 3210. The Kier molecular flexibility index (Phi) is 23.9. The predicted octanol–water partition coefficient (Wildman–Crippen LogP) is 8.34. The smallest absolute Gasteiger partial charge is 0.315 e. The number of anilines is 2. The first-order valence-electron chi connectivity index (χ1n) is 30.6. The maximum Gasteiger partial charge on any atom is 0.315 e. The molecule has 10 rings (SSSR count). The number of aryl methyl sites for hydroxylation is 2. The summed E-state index contributed by atoms with van der Waals surface area (Å²) in [5, 5.41) is 30.2. The lowest BCUT2D eigenvalue weighted by Crippen LogP contribution is -2.49. The normalized spacial score (nSPS) is 20.6. The number of benzene rings is 4. The Hall–Kier alpha value is -5.88. The van der Waals surface area contributed by atoms with Crippen molar-refractivity contribution >= 4 is 92.4 Å². The lowest BCUT2D eigenvalue weighted by Gasteiger charge is -2.38. The van der Waals surface area contributed by atoms with Crippen molar-refractivity contribution in [2.24, 2.45) is 11.5 Å². The lowest BCUT2D eigenvalue weighted by molar-refractivity contribution is 0.0593. The van der Waals surface area contributed by atoms with Gasteiger partial charge < -0.3 is 42.2 Å². The summed E-state index contributed by atoms with van der Waals surface area (Å²) in [6, 6.07) is 21.3. The van der Waals surface area contributed by atoms with Crippen LogP contribution < -0.4 is 50.8 Å². The van der Waals surface area contributed by atoms with Gasteiger partial charge in [-0.1, -0.05) is 56.8 Å². The van der Waals surface area contributed by atoms with Crippen molar-refractivity contribution in [3.63, 3.8) is 0 Å². The van der Waals surface area contributed by atoms with E-state index < -0.39 is 22.5 Å². The third kappa shape index (κ3) is 18.0. The van der Waals surface area contributed by atoms with Crippen molar-refractivity contribution in [1.82, 2.24) is 61.1 Å². The summed E-state index contributed by atoms with van der Waals surface area (Å²) in [5.41, 5.74) is 19.0. The molecule has 10 N–H and O–H groups in total. The quantitative estimate of drug-likeness (QED) is 0.0162. The molecule has 2 saturated heterocycles. The van der Waals surface area contributed by atoms with Gasteiger partial charge in [0, 0.05) is 95.7 Å². The van der Waals surface area contributed by atoms with Crippen LogP contribution in [0.1, 0.15) is 110 Å². The second-order valence-electron chi connectivity index (χ2n) is 23.3. The highest BCUT2D eigenvalue weighted by molar-refractivity contribution is 7.81. The molecule has 8 atom stereocenters. The van der Waals surface area contributed by atoms with Gasteiger partial charge in [-0.25, -0.2) is 18.0 Å². The van der Waals surface area contributed by atoms with E-state index in [0.29, 0.717) is 132 Å². The average molecular weight is 1360 g/mol. The number of nitrogens with zero attached hydrogens (tertiary/aromatic N) is 10. The Morgan fingerprint density at radius 1 is 0.589 bits per heavy atom. The number of likely N-dealkylation sites (tertiary alicyclic amines) is 2. The standard InChI is InChI=1S/C60H78Cl4N16O8S2/c61-39-27-51-49(53(63)29-39)31-55(75-21-7-9-41(65)35-75)57(51)87-47-15-11-45(12-16-47)79(89(83)84)25-5-3-23-77-37-43(71-73-77)33-69-59(81)67-19-1-2-20-68-60(82)70-34-44-38-78(74-72-44)24-4-6-26-80(90(85)86)46-13-17-48(18-14-46)88-58-52-28-40(62)30-54(64)50(52)32-56(58)76-22-8-10-42(66)36-76/h11-18,27-30,37-38,41-42,55-58H,1-10,19-26,31-36,65-66H2,(H,83,84)(H,85,86)(H2,67,69,81)(H2,68,70,82)/t41-,42-,55+,56+,57+,58+/m1/s1. The van der Waals surface area contributed by atoms with Crippen molar-refractivity contribution in [3.8, 4) is 11.5 Å². The van der Waals surface area contributed by atoms with Gasteiger partial charge in [-0.2, -0.15) is 0 Å². The minimum Gasteiger partial charge on any atom is -0.484 e. The Morgan fingerprint density at radius 3 is 1.39 bits per heavy atom. The highest BCUT2D eigenvalue weighted by atomic mass is 35.5. The number of nitrogens with one attached hydrogen (secondary N) is 4. The number of amides is 4. The largest absolute Gasteiger partial charge is 0.484 e. The number of nitrogens with two attached hydrogens (primary N) is 2. The van der Waals surface area contributed by atoms with Crippen molar-refractivity contribution in [3.05, 3.63) is 139 Å². The maximum absolute atomic E-state index is 12.5. The van der Waals surface area contributed by atoms with E-state index >= 15 is 0 Å². The first kappa shape index (κ1) is 67.0. The van der Waals surface area contributed by atoms with Crippen molar-refractivity contribution in [2.75, 3.05) is 61.0 Å². The third-order valence-corrected chi connectivity index (χ3v) is 19.5. The molecular weight excluding hydrogens is 1280 g/mol. The Balaban J connectivity index is 0.565. The first-order valence-corrected chi connectivity index (χ1v) is 34.2. The average Bonchev–Trinajstić information content (AvgIpc) is 1.63. The second-order valence-corrected chi connectivity index (χ2v) is 26.8. The zero-order chi connectivity index (χ0) is 63.3. The first-order chi connectivity index (χ1) is 43.5. The number of ether oxygens (including phenoxy) is 2. The van der Waals surface area contributed by atoms with E-state index in [2.05, 4.69) is 51.7 Å². The number of aromatic nitrogens is 6. The molecule has 0 spiro atoms. The molecule has 4 amide bonds. The van der Waals surface area contributed by atoms with Crippen LogP contribution in [-0.2, 0) is 61.6 Å². The topological polar surface area (TPSA) is 302 Å². The predicted molar refractivity (Wildman–Crippen MR) is 350 cm³/mol. The summed E-state index contributed by atoms with van der Waals surface area (Å²) >= 11 is 21.7. The maximum atomic E-state index is 12.5. The van der Waals surface area contributed by atoms with Gasteiger partial charge in [0.05, 0.1) is 48.9 Å². The van der Waals surface area contributed by atoms with Gasteiger partial charge in [0.15, 0.2) is 0 Å². The molecule has 90 heavy (non-hydrogen) atoms. The summed E-state index contributed by atoms with van der Waals surface area (Å²) < 4.78 is 65.0. The number of rotatable bonds is 29. The zero-order valence-electron chi connectivity index (χ0n) is 49.8. The number of carbonyl (C=O) groups excluding carboxylic acids is 2. The van der Waals surface area contributed by atoms with Crippen molar-refractivity contribution in [1.29, 1.82) is 0 Å². The molecule has 2 fully saturated rings.